The first-order valence-electron chi connectivity index (χ1n) is 8.86. The van der Waals surface area contributed by atoms with Crippen LogP contribution in [-0.4, -0.2) is 71.9 Å². The topological polar surface area (TPSA) is 109 Å². The first-order valence-corrected chi connectivity index (χ1v) is 8.86. The van der Waals surface area contributed by atoms with Crippen molar-refractivity contribution >= 4 is 23.3 Å². The van der Waals surface area contributed by atoms with Crippen LogP contribution in [-0.2, 0) is 4.74 Å². The highest BCUT2D eigenvalue weighted by Gasteiger charge is 2.35. The number of aliphatic hydroxyl groups excluding tert-OH is 2. The number of ether oxygens (including phenoxy) is 1. The van der Waals surface area contributed by atoms with Gasteiger partial charge >= 0.3 is 0 Å². The molecule has 0 saturated carbocycles. The third kappa shape index (κ3) is 3.55. The molecule has 0 aromatic carbocycles. The third-order valence-electron chi connectivity index (χ3n) is 4.54. The second-order valence-corrected chi connectivity index (χ2v) is 7.02. The van der Waals surface area contributed by atoms with Crippen molar-refractivity contribution in [1.29, 1.82) is 0 Å². The minimum atomic E-state index is -0.715. The number of hydrogen-bond donors (Lipinski definition) is 2. The molecular formula is C17H26N6O3. The molecule has 0 bridgehead atoms. The van der Waals surface area contributed by atoms with Crippen LogP contribution in [0, 0.1) is 0 Å². The molecule has 9 nitrogen and oxygen atoms in total. The molecule has 1 fully saturated rings. The Morgan fingerprint density at radius 3 is 2.65 bits per heavy atom. The van der Waals surface area contributed by atoms with Gasteiger partial charge in [0.2, 0.25) is 0 Å². The van der Waals surface area contributed by atoms with E-state index in [0.717, 1.165) is 0 Å². The molecule has 1 aliphatic heterocycles. The molecule has 2 aromatic heterocycles. The molecule has 3 rings (SSSR count). The van der Waals surface area contributed by atoms with Gasteiger partial charge < -0.3 is 19.8 Å². The summed E-state index contributed by atoms with van der Waals surface area (Å²) in [6.45, 7) is 8.20. The lowest BCUT2D eigenvalue weighted by Gasteiger charge is -2.27. The fraction of sp³-hybridized carbons (Fsp3) is 0.647. The molecule has 1 saturated heterocycles. The van der Waals surface area contributed by atoms with Gasteiger partial charge in [-0.15, -0.1) is 0 Å². The maximum atomic E-state index is 9.95. The highest BCUT2D eigenvalue weighted by molar-refractivity contribution is 5.83. The van der Waals surface area contributed by atoms with E-state index in [1.54, 1.807) is 17.2 Å². The van der Waals surface area contributed by atoms with E-state index in [9.17, 15) is 10.2 Å². The summed E-state index contributed by atoms with van der Waals surface area (Å²) in [5.41, 5.74) is 1.16. The van der Waals surface area contributed by atoms with Crippen LogP contribution in [0.5, 0.6) is 0 Å². The van der Waals surface area contributed by atoms with E-state index in [0.29, 0.717) is 35.5 Å². The Morgan fingerprint density at radius 2 is 2.04 bits per heavy atom. The summed E-state index contributed by atoms with van der Waals surface area (Å²) in [6.07, 6.45) is 3.47. The van der Waals surface area contributed by atoms with Gasteiger partial charge in [0.1, 0.15) is 18.7 Å². The predicted molar refractivity (Wildman–Crippen MR) is 97.2 cm³/mol. The highest BCUT2D eigenvalue weighted by atomic mass is 16.5. The average Bonchev–Trinajstić information content (AvgIpc) is 3.17. The summed E-state index contributed by atoms with van der Waals surface area (Å²) in [6, 6.07) is 0.634. The smallest absolute Gasteiger partial charge is 0.184 e. The van der Waals surface area contributed by atoms with Crippen LogP contribution in [0.25, 0.3) is 11.2 Å². The van der Waals surface area contributed by atoms with Crippen LogP contribution in [0.15, 0.2) is 17.6 Å². The summed E-state index contributed by atoms with van der Waals surface area (Å²) in [5.74, 6) is 0.484. The number of fused-ring (bicyclic) bond motifs is 1. The van der Waals surface area contributed by atoms with E-state index in [2.05, 4.69) is 52.5 Å². The molecular weight excluding hydrogens is 336 g/mol. The highest BCUT2D eigenvalue weighted by Crippen LogP contribution is 2.31. The lowest BCUT2D eigenvalue weighted by atomic mass is 10.2. The van der Waals surface area contributed by atoms with Gasteiger partial charge in [0.05, 0.1) is 25.4 Å². The molecule has 2 aromatic rings. The molecule has 1 aliphatic rings. The van der Waals surface area contributed by atoms with Gasteiger partial charge in [-0.1, -0.05) is 0 Å². The van der Waals surface area contributed by atoms with Gasteiger partial charge in [-0.3, -0.25) is 4.57 Å². The Kier molecular flexibility index (Phi) is 5.49. The summed E-state index contributed by atoms with van der Waals surface area (Å²) in [7, 11) is 0. The number of imidazole rings is 1. The van der Waals surface area contributed by atoms with Crippen LogP contribution in [0.4, 0.5) is 5.82 Å². The Balaban J connectivity index is 1.90. The maximum Gasteiger partial charge on any atom is 0.184 e. The van der Waals surface area contributed by atoms with Crippen LogP contribution in [0.1, 0.15) is 40.3 Å². The number of hydrogen-bond acceptors (Lipinski definition) is 7. The second kappa shape index (κ2) is 7.65. The molecule has 0 unspecified atom stereocenters. The molecule has 142 valence electrons. The maximum absolute atomic E-state index is 9.95. The molecule has 9 heteroatoms. The zero-order valence-electron chi connectivity index (χ0n) is 15.5. The van der Waals surface area contributed by atoms with Gasteiger partial charge in [-0.2, -0.15) is 0 Å². The van der Waals surface area contributed by atoms with Crippen molar-refractivity contribution in [3.8, 4) is 0 Å². The SMILES string of the molecule is CC(C)N(/C=N/c1ncnc2c1ncn2[C@H]1C[C@H](O)[C@@H](CO)O1)C(C)C. The molecule has 3 atom stereocenters. The molecule has 2 N–H and O–H groups in total. The number of nitrogens with zero attached hydrogens (tertiary/aromatic N) is 6. The Bertz CT molecular complexity index is 767. The van der Waals surface area contributed by atoms with Crippen LogP contribution in [0.2, 0.25) is 0 Å². The molecule has 26 heavy (non-hydrogen) atoms. The Morgan fingerprint density at radius 1 is 1.31 bits per heavy atom. The quantitative estimate of drug-likeness (QED) is 0.588. The zero-order chi connectivity index (χ0) is 18.8. The van der Waals surface area contributed by atoms with Gasteiger partial charge in [-0.05, 0) is 27.7 Å². The normalized spacial score (nSPS) is 23.8. The van der Waals surface area contributed by atoms with Crippen LogP contribution >= 0.6 is 0 Å². The third-order valence-corrected chi connectivity index (χ3v) is 4.54. The first-order chi connectivity index (χ1) is 12.4. The monoisotopic (exact) mass is 362 g/mol. The van der Waals surface area contributed by atoms with Crippen molar-refractivity contribution in [3.05, 3.63) is 12.7 Å². The minimum Gasteiger partial charge on any atom is -0.394 e. The zero-order valence-corrected chi connectivity index (χ0v) is 15.5. The molecule has 3 heterocycles. The van der Waals surface area contributed by atoms with Crippen molar-refractivity contribution in [2.24, 2.45) is 4.99 Å². The molecule has 0 radical (unpaired) electrons. The minimum absolute atomic E-state index is 0.227. The number of aromatic nitrogens is 4. The number of aliphatic hydroxyl groups is 2. The second-order valence-electron chi connectivity index (χ2n) is 7.02. The van der Waals surface area contributed by atoms with Crippen molar-refractivity contribution in [2.75, 3.05) is 6.61 Å². The lowest BCUT2D eigenvalue weighted by molar-refractivity contribution is -0.0432. The van der Waals surface area contributed by atoms with Crippen molar-refractivity contribution < 1.29 is 14.9 Å². The average molecular weight is 362 g/mol. The number of rotatable bonds is 6. The molecule has 0 amide bonds. The lowest BCUT2D eigenvalue weighted by Crippen LogP contribution is -2.35. The van der Waals surface area contributed by atoms with Gasteiger partial charge in [-0.25, -0.2) is 19.9 Å². The van der Waals surface area contributed by atoms with Crippen molar-refractivity contribution in [2.45, 2.75) is 64.6 Å². The largest absolute Gasteiger partial charge is 0.394 e. The van der Waals surface area contributed by atoms with E-state index in [1.165, 1.54) is 6.33 Å². The predicted octanol–water partition coefficient (Wildman–Crippen LogP) is 1.25. The van der Waals surface area contributed by atoms with E-state index < -0.39 is 18.4 Å². The van der Waals surface area contributed by atoms with Gasteiger partial charge in [0, 0.05) is 18.5 Å². The van der Waals surface area contributed by atoms with Crippen LogP contribution in [0.3, 0.4) is 0 Å². The standard InChI is InChI=1S/C17H26N6O3/c1-10(2)22(11(3)4)9-21-16-15-17(19-7-18-16)23(8-20-15)14-5-12(25)13(6-24)26-14/h7-14,24-25H,5-6H2,1-4H3/b21-9+/t12-,13+,14+/m0/s1. The van der Waals surface area contributed by atoms with E-state index >= 15 is 0 Å². The fourth-order valence-corrected chi connectivity index (χ4v) is 3.18. The van der Waals surface area contributed by atoms with Gasteiger partial charge in [0.25, 0.3) is 0 Å². The van der Waals surface area contributed by atoms with E-state index in [-0.39, 0.29) is 6.61 Å². The summed E-state index contributed by atoms with van der Waals surface area (Å²) >= 11 is 0. The van der Waals surface area contributed by atoms with E-state index in [4.69, 9.17) is 4.74 Å². The van der Waals surface area contributed by atoms with Crippen LogP contribution < -0.4 is 0 Å². The van der Waals surface area contributed by atoms with Crippen molar-refractivity contribution in [3.63, 3.8) is 0 Å². The van der Waals surface area contributed by atoms with E-state index in [1.807, 2.05) is 0 Å². The Labute approximate surface area is 152 Å². The Hall–Kier alpha value is -2.10. The van der Waals surface area contributed by atoms with Gasteiger partial charge in [0.15, 0.2) is 17.0 Å². The summed E-state index contributed by atoms with van der Waals surface area (Å²) in [5, 5.41) is 19.2. The molecule has 0 aliphatic carbocycles. The first kappa shape index (κ1) is 18.7. The van der Waals surface area contributed by atoms with Crippen molar-refractivity contribution in [1.82, 2.24) is 24.4 Å². The fourth-order valence-electron chi connectivity index (χ4n) is 3.18. The summed E-state index contributed by atoms with van der Waals surface area (Å²) in [4.78, 5) is 19.6. The molecule has 0 spiro atoms. The number of aliphatic imine (C=N–C) groups is 1. The summed E-state index contributed by atoms with van der Waals surface area (Å²) < 4.78 is 7.44.